The second kappa shape index (κ2) is 8.74. The maximum atomic E-state index is 9.18. The number of aliphatic hydroxyl groups excluding tert-OH is 1. The Bertz CT molecular complexity index is 395. The molecule has 0 spiro atoms. The Kier molecular flexibility index (Phi) is 7.30. The first-order chi connectivity index (χ1) is 9.63. The van der Waals surface area contributed by atoms with Gasteiger partial charge in [-0.05, 0) is 25.2 Å². The van der Waals surface area contributed by atoms with E-state index >= 15 is 0 Å². The van der Waals surface area contributed by atoms with Crippen molar-refractivity contribution >= 4 is 11.6 Å². The summed E-state index contributed by atoms with van der Waals surface area (Å²) in [5.41, 5.74) is 1.12. The smallest absolute Gasteiger partial charge is 0.134 e. The summed E-state index contributed by atoms with van der Waals surface area (Å²) in [7, 11) is 0. The Morgan fingerprint density at radius 1 is 1.20 bits per heavy atom. The van der Waals surface area contributed by atoms with E-state index in [1.165, 1.54) is 0 Å². The third kappa shape index (κ3) is 4.63. The van der Waals surface area contributed by atoms with Crippen molar-refractivity contribution in [2.45, 2.75) is 53.0 Å². The fraction of sp³-hybridized carbons (Fsp3) is 0.733. The van der Waals surface area contributed by atoms with Gasteiger partial charge in [0, 0.05) is 24.8 Å². The normalized spacial score (nSPS) is 12.5. The van der Waals surface area contributed by atoms with Crippen molar-refractivity contribution in [2.24, 2.45) is 5.92 Å². The molecule has 0 radical (unpaired) electrons. The highest BCUT2D eigenvalue weighted by atomic mass is 16.3. The van der Waals surface area contributed by atoms with Crippen molar-refractivity contribution in [2.75, 3.05) is 23.8 Å². The zero-order chi connectivity index (χ0) is 15.0. The Balaban J connectivity index is 2.92. The number of nitrogens with one attached hydrogen (secondary N) is 2. The van der Waals surface area contributed by atoms with Crippen molar-refractivity contribution < 1.29 is 5.11 Å². The minimum Gasteiger partial charge on any atom is -0.396 e. The molecule has 1 aromatic rings. The van der Waals surface area contributed by atoms with Crippen LogP contribution in [-0.2, 0) is 6.42 Å². The molecule has 0 amide bonds. The predicted octanol–water partition coefficient (Wildman–Crippen LogP) is 2.68. The third-order valence-electron chi connectivity index (χ3n) is 3.41. The Labute approximate surface area is 122 Å². The average molecular weight is 280 g/mol. The van der Waals surface area contributed by atoms with Crippen molar-refractivity contribution in [1.82, 2.24) is 9.97 Å². The van der Waals surface area contributed by atoms with E-state index in [1.54, 1.807) is 6.33 Å². The summed E-state index contributed by atoms with van der Waals surface area (Å²) in [6.07, 6.45) is 4.26. The van der Waals surface area contributed by atoms with Crippen LogP contribution in [0.2, 0.25) is 0 Å². The number of rotatable bonds is 9. The lowest BCUT2D eigenvalue weighted by Crippen LogP contribution is -2.28. The highest BCUT2D eigenvalue weighted by molar-refractivity contribution is 5.57. The van der Waals surface area contributed by atoms with Crippen LogP contribution in [0.4, 0.5) is 11.6 Å². The third-order valence-corrected chi connectivity index (χ3v) is 3.41. The maximum absolute atomic E-state index is 9.18. The molecule has 0 aliphatic heterocycles. The molecule has 1 unspecified atom stereocenters. The summed E-state index contributed by atoms with van der Waals surface area (Å²) >= 11 is 0. The Morgan fingerprint density at radius 3 is 2.45 bits per heavy atom. The van der Waals surface area contributed by atoms with Gasteiger partial charge in [-0.3, -0.25) is 0 Å². The van der Waals surface area contributed by atoms with Gasteiger partial charge in [0.05, 0.1) is 0 Å². The number of hydrogen-bond donors (Lipinski definition) is 3. The lowest BCUT2D eigenvalue weighted by atomic mass is 10.0. The standard InChI is InChI=1S/C15H28N4O/c1-5-8-16-14-12(6-2)15(18-10-17-14)19-13(7-9-20)11(3)4/h10-11,13,20H,5-9H2,1-4H3,(H2,16,17,18,19). The van der Waals surface area contributed by atoms with Crippen LogP contribution in [0.3, 0.4) is 0 Å². The highest BCUT2D eigenvalue weighted by Gasteiger charge is 2.16. The van der Waals surface area contributed by atoms with Gasteiger partial charge in [-0.1, -0.05) is 27.7 Å². The van der Waals surface area contributed by atoms with E-state index in [4.69, 9.17) is 0 Å². The molecule has 1 heterocycles. The van der Waals surface area contributed by atoms with Crippen LogP contribution < -0.4 is 10.6 Å². The maximum Gasteiger partial charge on any atom is 0.134 e. The molecule has 5 nitrogen and oxygen atoms in total. The van der Waals surface area contributed by atoms with Crippen molar-refractivity contribution in [1.29, 1.82) is 0 Å². The van der Waals surface area contributed by atoms with Crippen molar-refractivity contribution in [3.63, 3.8) is 0 Å². The predicted molar refractivity (Wildman–Crippen MR) is 84.1 cm³/mol. The second-order valence-corrected chi connectivity index (χ2v) is 5.34. The lowest BCUT2D eigenvalue weighted by molar-refractivity contribution is 0.267. The van der Waals surface area contributed by atoms with Gasteiger partial charge < -0.3 is 15.7 Å². The molecular formula is C15H28N4O. The van der Waals surface area contributed by atoms with Gasteiger partial charge in [-0.2, -0.15) is 0 Å². The van der Waals surface area contributed by atoms with Gasteiger partial charge in [0.2, 0.25) is 0 Å². The van der Waals surface area contributed by atoms with Crippen LogP contribution in [0.1, 0.15) is 46.1 Å². The zero-order valence-electron chi connectivity index (χ0n) is 13.1. The summed E-state index contributed by atoms with van der Waals surface area (Å²) in [6, 6.07) is 0.222. The van der Waals surface area contributed by atoms with Crippen molar-refractivity contribution in [3.8, 4) is 0 Å². The summed E-state index contributed by atoms with van der Waals surface area (Å²) in [4.78, 5) is 8.71. The molecule has 1 aromatic heterocycles. The van der Waals surface area contributed by atoms with E-state index < -0.39 is 0 Å². The van der Waals surface area contributed by atoms with E-state index in [2.05, 4.69) is 48.3 Å². The quantitative estimate of drug-likeness (QED) is 0.649. The first kappa shape index (κ1) is 16.7. The first-order valence-electron chi connectivity index (χ1n) is 7.59. The van der Waals surface area contributed by atoms with Crippen LogP contribution in [0.5, 0.6) is 0 Å². The number of anilines is 2. The van der Waals surface area contributed by atoms with Crippen molar-refractivity contribution in [3.05, 3.63) is 11.9 Å². The molecule has 20 heavy (non-hydrogen) atoms. The van der Waals surface area contributed by atoms with Gasteiger partial charge in [-0.25, -0.2) is 9.97 Å². The van der Waals surface area contributed by atoms with Gasteiger partial charge in [0.1, 0.15) is 18.0 Å². The molecule has 0 aliphatic carbocycles. The van der Waals surface area contributed by atoms with E-state index in [0.717, 1.165) is 43.0 Å². The largest absolute Gasteiger partial charge is 0.396 e. The summed E-state index contributed by atoms with van der Waals surface area (Å²) in [6.45, 7) is 9.64. The number of aromatic nitrogens is 2. The molecule has 1 rings (SSSR count). The van der Waals surface area contributed by atoms with E-state index in [9.17, 15) is 5.11 Å². The molecule has 0 bridgehead atoms. The molecule has 1 atom stereocenters. The minimum absolute atomic E-state index is 0.184. The summed E-state index contributed by atoms with van der Waals surface area (Å²) in [5, 5.41) is 16.0. The zero-order valence-corrected chi connectivity index (χ0v) is 13.1. The molecule has 114 valence electrons. The first-order valence-corrected chi connectivity index (χ1v) is 7.59. The average Bonchev–Trinajstić information content (AvgIpc) is 2.44. The molecule has 3 N–H and O–H groups in total. The molecule has 0 aromatic carbocycles. The Morgan fingerprint density at radius 2 is 1.90 bits per heavy atom. The molecule has 0 saturated carbocycles. The fourth-order valence-electron chi connectivity index (χ4n) is 2.15. The Hall–Kier alpha value is -1.36. The number of hydrogen-bond acceptors (Lipinski definition) is 5. The van der Waals surface area contributed by atoms with Gasteiger partial charge in [0.15, 0.2) is 0 Å². The van der Waals surface area contributed by atoms with Crippen LogP contribution in [0.25, 0.3) is 0 Å². The van der Waals surface area contributed by atoms with E-state index in [-0.39, 0.29) is 12.6 Å². The monoisotopic (exact) mass is 280 g/mol. The van der Waals surface area contributed by atoms with Gasteiger partial charge in [-0.15, -0.1) is 0 Å². The van der Waals surface area contributed by atoms with Crippen LogP contribution in [0, 0.1) is 5.92 Å². The molecule has 5 heteroatoms. The van der Waals surface area contributed by atoms with Gasteiger partial charge >= 0.3 is 0 Å². The minimum atomic E-state index is 0.184. The lowest BCUT2D eigenvalue weighted by Gasteiger charge is -2.24. The fourth-order valence-corrected chi connectivity index (χ4v) is 2.15. The molecule has 0 saturated heterocycles. The highest BCUT2D eigenvalue weighted by Crippen LogP contribution is 2.23. The second-order valence-electron chi connectivity index (χ2n) is 5.34. The molecular weight excluding hydrogens is 252 g/mol. The molecule has 0 fully saturated rings. The number of nitrogens with zero attached hydrogens (tertiary/aromatic N) is 2. The van der Waals surface area contributed by atoms with E-state index in [1.807, 2.05) is 0 Å². The van der Waals surface area contributed by atoms with Crippen LogP contribution in [0.15, 0.2) is 6.33 Å². The van der Waals surface area contributed by atoms with Crippen LogP contribution in [-0.4, -0.2) is 34.3 Å². The topological polar surface area (TPSA) is 70.1 Å². The summed E-state index contributed by atoms with van der Waals surface area (Å²) < 4.78 is 0. The van der Waals surface area contributed by atoms with Crippen LogP contribution >= 0.6 is 0 Å². The summed E-state index contributed by atoms with van der Waals surface area (Å²) in [5.74, 6) is 2.24. The SMILES string of the molecule is CCCNc1ncnc(NC(CCO)C(C)C)c1CC. The number of aliphatic hydroxyl groups is 1. The molecule has 0 aliphatic rings. The van der Waals surface area contributed by atoms with E-state index in [0.29, 0.717) is 5.92 Å². The van der Waals surface area contributed by atoms with Gasteiger partial charge in [0.25, 0.3) is 0 Å².